The van der Waals surface area contributed by atoms with Gasteiger partial charge < -0.3 is 9.80 Å². The van der Waals surface area contributed by atoms with E-state index < -0.39 is 10.0 Å². The summed E-state index contributed by atoms with van der Waals surface area (Å²) < 4.78 is 26.0. The molecule has 1 aliphatic heterocycles. The molecule has 0 atom stereocenters. The molecule has 0 bridgehead atoms. The molecule has 1 aliphatic carbocycles. The van der Waals surface area contributed by atoms with E-state index in [2.05, 4.69) is 15.1 Å². The molecule has 2 fully saturated rings. The SMILES string of the molecule is CN(C)c1ccc(N2CCN(S(=O)(=O)C3CC3)CC2)nn1. The van der Waals surface area contributed by atoms with Crippen LogP contribution in [0, 0.1) is 0 Å². The summed E-state index contributed by atoms with van der Waals surface area (Å²) in [6, 6.07) is 3.86. The highest BCUT2D eigenvalue weighted by molar-refractivity contribution is 7.90. The van der Waals surface area contributed by atoms with Gasteiger partial charge in [0.2, 0.25) is 10.0 Å². The molecule has 3 rings (SSSR count). The molecular weight excluding hydrogens is 290 g/mol. The Morgan fingerprint density at radius 3 is 2.24 bits per heavy atom. The summed E-state index contributed by atoms with van der Waals surface area (Å²) in [5.74, 6) is 1.62. The van der Waals surface area contributed by atoms with Gasteiger partial charge in [-0.3, -0.25) is 0 Å². The van der Waals surface area contributed by atoms with Gasteiger partial charge in [-0.15, -0.1) is 10.2 Å². The van der Waals surface area contributed by atoms with Gasteiger partial charge >= 0.3 is 0 Å². The Hall–Kier alpha value is -1.41. The molecule has 1 saturated carbocycles. The van der Waals surface area contributed by atoms with Crippen molar-refractivity contribution in [3.8, 4) is 0 Å². The minimum atomic E-state index is -3.05. The molecule has 7 nitrogen and oxygen atoms in total. The maximum atomic E-state index is 12.2. The zero-order valence-electron chi connectivity index (χ0n) is 12.4. The summed E-state index contributed by atoms with van der Waals surface area (Å²) in [7, 11) is 0.795. The van der Waals surface area contributed by atoms with Crippen molar-refractivity contribution >= 4 is 21.7 Å². The van der Waals surface area contributed by atoms with Crippen LogP contribution in [0.4, 0.5) is 11.6 Å². The third-order valence-corrected chi connectivity index (χ3v) is 6.36. The normalized spacial score (nSPS) is 20.6. The fourth-order valence-corrected chi connectivity index (χ4v) is 4.30. The second-order valence-corrected chi connectivity index (χ2v) is 7.99. The Morgan fingerprint density at radius 2 is 1.76 bits per heavy atom. The minimum absolute atomic E-state index is 0.122. The third kappa shape index (κ3) is 2.96. The number of rotatable bonds is 4. The van der Waals surface area contributed by atoms with Crippen LogP contribution >= 0.6 is 0 Å². The first-order chi connectivity index (χ1) is 9.98. The largest absolute Gasteiger partial charge is 0.361 e. The first-order valence-electron chi connectivity index (χ1n) is 7.23. The van der Waals surface area contributed by atoms with E-state index in [1.54, 1.807) is 4.31 Å². The number of hydrogen-bond donors (Lipinski definition) is 0. The molecule has 0 spiro atoms. The van der Waals surface area contributed by atoms with Crippen LogP contribution < -0.4 is 9.80 Å². The van der Waals surface area contributed by atoms with E-state index in [1.807, 2.05) is 31.1 Å². The molecule has 1 saturated heterocycles. The summed E-state index contributed by atoms with van der Waals surface area (Å²) in [5, 5.41) is 8.26. The van der Waals surface area contributed by atoms with Gasteiger partial charge in [0.15, 0.2) is 11.6 Å². The van der Waals surface area contributed by atoms with E-state index in [0.29, 0.717) is 26.2 Å². The van der Waals surface area contributed by atoms with Gasteiger partial charge in [-0.2, -0.15) is 4.31 Å². The van der Waals surface area contributed by atoms with Crippen molar-refractivity contribution in [1.29, 1.82) is 0 Å². The van der Waals surface area contributed by atoms with Crippen LogP contribution in [0.1, 0.15) is 12.8 Å². The number of anilines is 2. The fraction of sp³-hybridized carbons (Fsp3) is 0.692. The maximum Gasteiger partial charge on any atom is 0.217 e. The zero-order chi connectivity index (χ0) is 15.0. The molecule has 116 valence electrons. The summed E-state index contributed by atoms with van der Waals surface area (Å²) >= 11 is 0. The lowest BCUT2D eigenvalue weighted by Gasteiger charge is -2.34. The zero-order valence-corrected chi connectivity index (χ0v) is 13.3. The van der Waals surface area contributed by atoms with Gasteiger partial charge in [-0.25, -0.2) is 8.42 Å². The van der Waals surface area contributed by atoms with E-state index in [0.717, 1.165) is 24.5 Å². The highest BCUT2D eigenvalue weighted by Gasteiger charge is 2.41. The molecule has 21 heavy (non-hydrogen) atoms. The quantitative estimate of drug-likeness (QED) is 0.789. The standard InChI is InChI=1S/C13H21N5O2S/c1-16(2)12-5-6-13(15-14-12)17-7-9-18(10-8-17)21(19,20)11-3-4-11/h5-6,11H,3-4,7-10H2,1-2H3. The van der Waals surface area contributed by atoms with Crippen molar-refractivity contribution in [3.05, 3.63) is 12.1 Å². The molecule has 1 aromatic heterocycles. The van der Waals surface area contributed by atoms with Gasteiger partial charge in [0.1, 0.15) is 0 Å². The second kappa shape index (κ2) is 5.42. The third-order valence-electron chi connectivity index (χ3n) is 3.96. The van der Waals surface area contributed by atoms with E-state index in [9.17, 15) is 8.42 Å². The maximum absolute atomic E-state index is 12.2. The number of hydrogen-bond acceptors (Lipinski definition) is 6. The first-order valence-corrected chi connectivity index (χ1v) is 8.74. The lowest BCUT2D eigenvalue weighted by Crippen LogP contribution is -2.49. The summed E-state index contributed by atoms with van der Waals surface area (Å²) in [5.41, 5.74) is 0. The van der Waals surface area contributed by atoms with Gasteiger partial charge in [0.25, 0.3) is 0 Å². The van der Waals surface area contributed by atoms with Crippen LogP contribution in [-0.2, 0) is 10.0 Å². The highest BCUT2D eigenvalue weighted by Crippen LogP contribution is 2.31. The van der Waals surface area contributed by atoms with E-state index in [1.165, 1.54) is 0 Å². The van der Waals surface area contributed by atoms with Crippen molar-refractivity contribution in [2.24, 2.45) is 0 Å². The molecule has 2 aliphatic rings. The van der Waals surface area contributed by atoms with E-state index in [-0.39, 0.29) is 5.25 Å². The van der Waals surface area contributed by atoms with Crippen molar-refractivity contribution < 1.29 is 8.42 Å². The van der Waals surface area contributed by atoms with Gasteiger partial charge in [0.05, 0.1) is 5.25 Å². The molecule has 0 aromatic carbocycles. The molecule has 0 amide bonds. The van der Waals surface area contributed by atoms with Crippen molar-refractivity contribution in [1.82, 2.24) is 14.5 Å². The Labute approximate surface area is 125 Å². The molecular formula is C13H21N5O2S. The molecule has 0 N–H and O–H groups in total. The second-order valence-electron chi connectivity index (χ2n) is 5.77. The Balaban J connectivity index is 1.63. The fourth-order valence-electron chi connectivity index (χ4n) is 2.47. The number of piperazine rings is 1. The summed E-state index contributed by atoms with van der Waals surface area (Å²) in [4.78, 5) is 3.99. The Kier molecular flexibility index (Phi) is 3.75. The van der Waals surface area contributed by atoms with Crippen LogP contribution in [0.3, 0.4) is 0 Å². The predicted molar refractivity (Wildman–Crippen MR) is 82.1 cm³/mol. The lowest BCUT2D eigenvalue weighted by molar-refractivity contribution is 0.382. The van der Waals surface area contributed by atoms with Crippen LogP contribution in [0.5, 0.6) is 0 Å². The smallest absolute Gasteiger partial charge is 0.217 e. The molecule has 0 radical (unpaired) electrons. The summed E-state index contributed by atoms with van der Waals surface area (Å²) in [6.07, 6.45) is 1.64. The predicted octanol–water partition coefficient (Wildman–Crippen LogP) is 0.157. The number of sulfonamides is 1. The Morgan fingerprint density at radius 1 is 1.10 bits per heavy atom. The monoisotopic (exact) mass is 311 g/mol. The lowest BCUT2D eigenvalue weighted by atomic mass is 10.3. The minimum Gasteiger partial charge on any atom is -0.361 e. The molecule has 8 heteroatoms. The van der Waals surface area contributed by atoms with E-state index >= 15 is 0 Å². The van der Waals surface area contributed by atoms with Crippen LogP contribution in [0.2, 0.25) is 0 Å². The van der Waals surface area contributed by atoms with Gasteiger partial charge in [-0.1, -0.05) is 0 Å². The number of nitrogens with zero attached hydrogens (tertiary/aromatic N) is 5. The molecule has 1 aromatic rings. The molecule has 2 heterocycles. The van der Waals surface area contributed by atoms with Crippen molar-refractivity contribution in [2.45, 2.75) is 18.1 Å². The summed E-state index contributed by atoms with van der Waals surface area (Å²) in [6.45, 7) is 2.41. The van der Waals surface area contributed by atoms with Gasteiger partial charge in [-0.05, 0) is 25.0 Å². The first kappa shape index (κ1) is 14.5. The average molecular weight is 311 g/mol. The number of aromatic nitrogens is 2. The average Bonchev–Trinajstić information content (AvgIpc) is 3.32. The Bertz CT molecular complexity index is 589. The topological polar surface area (TPSA) is 69.6 Å². The van der Waals surface area contributed by atoms with E-state index in [4.69, 9.17) is 0 Å². The highest BCUT2D eigenvalue weighted by atomic mass is 32.2. The van der Waals surface area contributed by atoms with Gasteiger partial charge in [0, 0.05) is 40.3 Å². The van der Waals surface area contributed by atoms with Crippen LogP contribution in [0.25, 0.3) is 0 Å². The molecule has 0 unspecified atom stereocenters. The van der Waals surface area contributed by atoms with Crippen LogP contribution in [-0.4, -0.2) is 68.4 Å². The van der Waals surface area contributed by atoms with Crippen LogP contribution in [0.15, 0.2) is 12.1 Å². The van der Waals surface area contributed by atoms with Crippen molar-refractivity contribution in [2.75, 3.05) is 50.1 Å². The van der Waals surface area contributed by atoms with Crippen molar-refractivity contribution in [3.63, 3.8) is 0 Å².